The van der Waals surface area contributed by atoms with E-state index in [1.807, 2.05) is 44.4 Å². The lowest BCUT2D eigenvalue weighted by atomic mass is 10.1. The molecule has 1 unspecified atom stereocenters. The standard InChI is InChI=1S/C22H31N3O4S/c1-16(20(26)23-22(2,3)4)25(15-18-6-5-13-30-18)21(27)19-8-7-17(29-19)14-24-9-11-28-12-10-24/h5-8,13,16H,9-12,14-15H2,1-4H3,(H,23,26). The Hall–Kier alpha value is -2.16. The molecule has 1 aliphatic rings. The van der Waals surface area contributed by atoms with Gasteiger partial charge in [0.05, 0.1) is 26.3 Å². The second-order valence-corrected chi connectivity index (χ2v) is 9.61. The zero-order valence-corrected chi connectivity index (χ0v) is 19.0. The summed E-state index contributed by atoms with van der Waals surface area (Å²) in [6.45, 7) is 11.6. The molecule has 164 valence electrons. The second kappa shape index (κ2) is 9.76. The van der Waals surface area contributed by atoms with Gasteiger partial charge in [0.2, 0.25) is 5.91 Å². The summed E-state index contributed by atoms with van der Waals surface area (Å²) in [5, 5.41) is 4.93. The molecule has 0 saturated carbocycles. The van der Waals surface area contributed by atoms with Crippen LogP contribution in [0.2, 0.25) is 0 Å². The highest BCUT2D eigenvalue weighted by Crippen LogP contribution is 2.20. The van der Waals surface area contributed by atoms with Crippen LogP contribution in [0.3, 0.4) is 0 Å². The third-order valence-corrected chi connectivity index (χ3v) is 5.73. The van der Waals surface area contributed by atoms with Crippen LogP contribution in [-0.2, 0) is 22.6 Å². The summed E-state index contributed by atoms with van der Waals surface area (Å²) in [6, 6.07) is 6.81. The molecule has 0 spiro atoms. The lowest BCUT2D eigenvalue weighted by Crippen LogP contribution is -2.52. The van der Waals surface area contributed by atoms with Crippen molar-refractivity contribution in [1.82, 2.24) is 15.1 Å². The Morgan fingerprint density at radius 1 is 1.23 bits per heavy atom. The lowest BCUT2D eigenvalue weighted by Gasteiger charge is -2.30. The first-order valence-electron chi connectivity index (χ1n) is 10.3. The number of nitrogens with one attached hydrogen (secondary N) is 1. The maximum atomic E-state index is 13.3. The molecule has 1 atom stereocenters. The molecule has 3 rings (SSSR count). The number of morpholine rings is 1. The van der Waals surface area contributed by atoms with Gasteiger partial charge < -0.3 is 19.4 Å². The Morgan fingerprint density at radius 3 is 2.60 bits per heavy atom. The van der Waals surface area contributed by atoms with Crippen molar-refractivity contribution in [2.45, 2.75) is 52.4 Å². The minimum absolute atomic E-state index is 0.187. The Bertz CT molecular complexity index is 835. The Labute approximate surface area is 182 Å². The van der Waals surface area contributed by atoms with E-state index in [2.05, 4.69) is 10.2 Å². The molecule has 1 fully saturated rings. The molecule has 1 aliphatic heterocycles. The van der Waals surface area contributed by atoms with Crippen LogP contribution in [0.15, 0.2) is 34.1 Å². The van der Waals surface area contributed by atoms with Crippen LogP contribution < -0.4 is 5.32 Å². The number of hydrogen-bond donors (Lipinski definition) is 1. The smallest absolute Gasteiger partial charge is 0.290 e. The minimum Gasteiger partial charge on any atom is -0.455 e. The monoisotopic (exact) mass is 433 g/mol. The maximum Gasteiger partial charge on any atom is 0.290 e. The highest BCUT2D eigenvalue weighted by atomic mass is 32.1. The van der Waals surface area contributed by atoms with E-state index in [9.17, 15) is 9.59 Å². The number of nitrogens with zero attached hydrogens (tertiary/aromatic N) is 2. The second-order valence-electron chi connectivity index (χ2n) is 8.58. The van der Waals surface area contributed by atoms with Crippen LogP contribution in [0.5, 0.6) is 0 Å². The number of rotatable bonds is 7. The van der Waals surface area contributed by atoms with Crippen molar-refractivity contribution >= 4 is 23.2 Å². The van der Waals surface area contributed by atoms with Gasteiger partial charge in [0.25, 0.3) is 5.91 Å². The molecule has 1 N–H and O–H groups in total. The van der Waals surface area contributed by atoms with Gasteiger partial charge in [-0.15, -0.1) is 11.3 Å². The van der Waals surface area contributed by atoms with Gasteiger partial charge in [-0.1, -0.05) is 6.07 Å². The van der Waals surface area contributed by atoms with Gasteiger partial charge in [-0.05, 0) is 51.3 Å². The summed E-state index contributed by atoms with van der Waals surface area (Å²) >= 11 is 1.56. The van der Waals surface area contributed by atoms with E-state index in [1.54, 1.807) is 29.2 Å². The predicted octanol–water partition coefficient (Wildman–Crippen LogP) is 3.12. The predicted molar refractivity (Wildman–Crippen MR) is 116 cm³/mol. The zero-order valence-electron chi connectivity index (χ0n) is 18.1. The van der Waals surface area contributed by atoms with E-state index in [-0.39, 0.29) is 23.1 Å². The van der Waals surface area contributed by atoms with Crippen LogP contribution in [0.4, 0.5) is 0 Å². The highest BCUT2D eigenvalue weighted by molar-refractivity contribution is 7.09. The quantitative estimate of drug-likeness (QED) is 0.726. The van der Waals surface area contributed by atoms with Crippen LogP contribution in [0, 0.1) is 0 Å². The van der Waals surface area contributed by atoms with E-state index >= 15 is 0 Å². The molecule has 7 nitrogen and oxygen atoms in total. The molecule has 0 radical (unpaired) electrons. The summed E-state index contributed by atoms with van der Waals surface area (Å²) in [4.78, 5) is 30.9. The largest absolute Gasteiger partial charge is 0.455 e. The van der Waals surface area contributed by atoms with Gasteiger partial charge >= 0.3 is 0 Å². The Morgan fingerprint density at radius 2 is 1.97 bits per heavy atom. The highest BCUT2D eigenvalue weighted by Gasteiger charge is 2.31. The number of amides is 2. The first kappa shape index (κ1) is 22.5. The Balaban J connectivity index is 1.75. The number of hydrogen-bond acceptors (Lipinski definition) is 6. The van der Waals surface area contributed by atoms with E-state index in [0.29, 0.717) is 26.3 Å². The van der Waals surface area contributed by atoms with E-state index in [0.717, 1.165) is 23.7 Å². The van der Waals surface area contributed by atoms with Gasteiger partial charge in [0.1, 0.15) is 11.8 Å². The van der Waals surface area contributed by atoms with Crippen molar-refractivity contribution < 1.29 is 18.7 Å². The topological polar surface area (TPSA) is 75.0 Å². The van der Waals surface area contributed by atoms with E-state index in [1.165, 1.54) is 0 Å². The number of thiophene rings is 1. The van der Waals surface area contributed by atoms with Gasteiger partial charge in [0.15, 0.2) is 5.76 Å². The molecule has 30 heavy (non-hydrogen) atoms. The first-order valence-corrected chi connectivity index (χ1v) is 11.1. The van der Waals surface area contributed by atoms with E-state index in [4.69, 9.17) is 9.15 Å². The molecular formula is C22H31N3O4S. The van der Waals surface area contributed by atoms with Gasteiger partial charge in [0, 0.05) is 23.5 Å². The molecule has 0 bridgehead atoms. The number of furan rings is 1. The van der Waals surface area contributed by atoms with Crippen molar-refractivity contribution in [3.8, 4) is 0 Å². The Kier molecular flexibility index (Phi) is 7.33. The average Bonchev–Trinajstić information content (AvgIpc) is 3.36. The van der Waals surface area contributed by atoms with Crippen LogP contribution in [0.25, 0.3) is 0 Å². The average molecular weight is 434 g/mol. The summed E-state index contributed by atoms with van der Waals surface area (Å²) < 4.78 is 11.3. The molecular weight excluding hydrogens is 402 g/mol. The van der Waals surface area contributed by atoms with Crippen molar-refractivity contribution in [2.24, 2.45) is 0 Å². The molecule has 1 saturated heterocycles. The molecule has 2 aromatic heterocycles. The summed E-state index contributed by atoms with van der Waals surface area (Å²) in [5.41, 5.74) is -0.376. The van der Waals surface area contributed by atoms with Crippen molar-refractivity contribution in [3.05, 3.63) is 46.0 Å². The fourth-order valence-corrected chi connectivity index (χ4v) is 3.97. The molecule has 2 aromatic rings. The van der Waals surface area contributed by atoms with Crippen molar-refractivity contribution in [3.63, 3.8) is 0 Å². The van der Waals surface area contributed by atoms with Gasteiger partial charge in [-0.2, -0.15) is 0 Å². The fourth-order valence-electron chi connectivity index (χ4n) is 3.27. The van der Waals surface area contributed by atoms with Crippen LogP contribution in [-0.4, -0.2) is 59.5 Å². The zero-order chi connectivity index (χ0) is 21.7. The normalized spacial score (nSPS) is 16.3. The van der Waals surface area contributed by atoms with Crippen molar-refractivity contribution in [2.75, 3.05) is 26.3 Å². The maximum absolute atomic E-state index is 13.3. The SMILES string of the molecule is CC(C(=O)NC(C)(C)C)N(Cc1cccs1)C(=O)c1ccc(CN2CCOCC2)o1. The number of carbonyl (C=O) groups excluding carboxylic acids is 2. The third kappa shape index (κ3) is 6.17. The van der Waals surface area contributed by atoms with Crippen molar-refractivity contribution in [1.29, 1.82) is 0 Å². The molecule has 3 heterocycles. The summed E-state index contributed by atoms with van der Waals surface area (Å²) in [6.07, 6.45) is 0. The molecule has 8 heteroatoms. The minimum atomic E-state index is -0.633. The third-order valence-electron chi connectivity index (χ3n) is 4.87. The first-order chi connectivity index (χ1) is 14.2. The summed E-state index contributed by atoms with van der Waals surface area (Å²) in [5.74, 6) is 0.522. The van der Waals surface area contributed by atoms with Crippen LogP contribution in [0.1, 0.15) is 48.9 Å². The molecule has 0 aromatic carbocycles. The lowest BCUT2D eigenvalue weighted by molar-refractivity contribution is -0.126. The number of carbonyl (C=O) groups is 2. The number of ether oxygens (including phenoxy) is 1. The molecule has 2 amide bonds. The van der Waals surface area contributed by atoms with E-state index < -0.39 is 6.04 Å². The van der Waals surface area contributed by atoms with Gasteiger partial charge in [-0.25, -0.2) is 0 Å². The fraction of sp³-hybridized carbons (Fsp3) is 0.545. The van der Waals surface area contributed by atoms with Gasteiger partial charge in [-0.3, -0.25) is 14.5 Å². The molecule has 0 aliphatic carbocycles. The summed E-state index contributed by atoms with van der Waals surface area (Å²) in [7, 11) is 0. The van der Waals surface area contributed by atoms with Crippen LogP contribution >= 0.6 is 11.3 Å².